The number of ether oxygens (including phenoxy) is 2. The molecule has 4 heterocycles. The van der Waals surface area contributed by atoms with Crippen LogP contribution < -0.4 is 10.6 Å². The number of fused-ring (bicyclic) bond motifs is 1. The fourth-order valence-corrected chi connectivity index (χ4v) is 8.90. The summed E-state index contributed by atoms with van der Waals surface area (Å²) in [5.41, 5.74) is 5.26. The monoisotopic (exact) mass is 802 g/mol. The van der Waals surface area contributed by atoms with Gasteiger partial charge in [-0.25, -0.2) is 19.6 Å². The van der Waals surface area contributed by atoms with Crippen molar-refractivity contribution in [2.75, 3.05) is 27.3 Å². The molecule has 59 heavy (non-hydrogen) atoms. The number of carbonyl (C=O) groups is 4. The summed E-state index contributed by atoms with van der Waals surface area (Å²) in [5.74, 6) is 8.63. The van der Waals surface area contributed by atoms with E-state index in [0.29, 0.717) is 24.9 Å². The zero-order valence-corrected chi connectivity index (χ0v) is 34.6. The molecule has 14 nitrogen and oxygen atoms in total. The number of benzene rings is 2. The molecule has 2 aromatic heterocycles. The van der Waals surface area contributed by atoms with Crippen LogP contribution in [0.1, 0.15) is 101 Å². The van der Waals surface area contributed by atoms with Crippen molar-refractivity contribution in [3.63, 3.8) is 0 Å². The van der Waals surface area contributed by atoms with E-state index >= 15 is 0 Å². The minimum atomic E-state index is -0.697. The van der Waals surface area contributed by atoms with Crippen molar-refractivity contribution >= 4 is 35.0 Å². The van der Waals surface area contributed by atoms with Crippen molar-refractivity contribution in [3.05, 3.63) is 71.4 Å². The molecule has 310 valence electrons. The lowest BCUT2D eigenvalue weighted by Gasteiger charge is -2.30. The van der Waals surface area contributed by atoms with Gasteiger partial charge in [0, 0.05) is 24.2 Å². The number of rotatable bonds is 10. The topological polar surface area (TPSA) is 175 Å². The summed E-state index contributed by atoms with van der Waals surface area (Å²) >= 11 is 0. The van der Waals surface area contributed by atoms with Gasteiger partial charge in [-0.15, -0.1) is 0 Å². The quantitative estimate of drug-likeness (QED) is 0.132. The fourth-order valence-electron chi connectivity index (χ4n) is 8.90. The first-order chi connectivity index (χ1) is 28.3. The zero-order valence-electron chi connectivity index (χ0n) is 34.6. The molecular formula is C45H54N8O6. The summed E-state index contributed by atoms with van der Waals surface area (Å²) in [6.07, 6.45) is 6.77. The third kappa shape index (κ3) is 8.38. The minimum absolute atomic E-state index is 0.109. The van der Waals surface area contributed by atoms with Crippen LogP contribution in [-0.2, 0) is 19.1 Å². The summed E-state index contributed by atoms with van der Waals surface area (Å²) in [6, 6.07) is 12.1. The molecule has 2 aliphatic heterocycles. The smallest absolute Gasteiger partial charge is 0.407 e. The number of methoxy groups -OCH3 is 2. The molecule has 5 atom stereocenters. The SMILES string of the molecule is COC(=O)N[C@H](C(=O)N1CC2(CC2)C[C@H]1c1ncc(-c2ccc(C#Cc3ccc4nc([C@@H]5CC(C6CC6)CN5C(=O)[C@@H](NC(=O)OC)C(C)C)[nH]c4c3)cc2)[nH]1)C(C)C. The normalized spacial score (nSPS) is 21.7. The Morgan fingerprint density at radius 1 is 0.797 bits per heavy atom. The van der Waals surface area contributed by atoms with E-state index in [1.165, 1.54) is 27.1 Å². The van der Waals surface area contributed by atoms with Gasteiger partial charge in [-0.3, -0.25) is 9.59 Å². The Kier molecular flexibility index (Phi) is 10.9. The Morgan fingerprint density at radius 3 is 2.03 bits per heavy atom. The number of H-pyrrole nitrogens is 2. The van der Waals surface area contributed by atoms with E-state index in [0.717, 1.165) is 70.7 Å². The van der Waals surface area contributed by atoms with E-state index in [-0.39, 0.29) is 41.1 Å². The lowest BCUT2D eigenvalue weighted by Crippen LogP contribution is -2.51. The van der Waals surface area contributed by atoms with Crippen LogP contribution in [0.15, 0.2) is 48.7 Å². The molecule has 14 heteroatoms. The van der Waals surface area contributed by atoms with Crippen molar-refractivity contribution in [3.8, 4) is 23.1 Å². The third-order valence-electron chi connectivity index (χ3n) is 12.7. The van der Waals surface area contributed by atoms with Gasteiger partial charge >= 0.3 is 12.2 Å². The highest BCUT2D eigenvalue weighted by Gasteiger charge is 2.55. The van der Waals surface area contributed by atoms with Crippen LogP contribution >= 0.6 is 0 Å². The maximum Gasteiger partial charge on any atom is 0.407 e. The Morgan fingerprint density at radius 2 is 1.42 bits per heavy atom. The molecule has 8 rings (SSSR count). The van der Waals surface area contributed by atoms with E-state index in [1.54, 1.807) is 0 Å². The lowest BCUT2D eigenvalue weighted by atomic mass is 10.0. The van der Waals surface area contributed by atoms with Crippen LogP contribution in [0.5, 0.6) is 0 Å². The number of aromatic amines is 2. The van der Waals surface area contributed by atoms with Crippen LogP contribution in [0.2, 0.25) is 0 Å². The predicted molar refractivity (Wildman–Crippen MR) is 220 cm³/mol. The van der Waals surface area contributed by atoms with Crippen molar-refractivity contribution in [2.45, 2.75) is 90.4 Å². The molecule has 2 aromatic carbocycles. The first-order valence-electron chi connectivity index (χ1n) is 20.8. The summed E-state index contributed by atoms with van der Waals surface area (Å²) in [6.45, 7) is 8.97. The molecule has 1 spiro atoms. The number of nitrogens with one attached hydrogen (secondary N) is 4. The molecule has 2 aliphatic carbocycles. The number of aromatic nitrogens is 4. The average Bonchev–Trinajstić information content (AvgIpc) is 3.95. The van der Waals surface area contributed by atoms with Crippen LogP contribution in [-0.4, -0.2) is 93.1 Å². The second-order valence-corrected chi connectivity index (χ2v) is 17.6. The summed E-state index contributed by atoms with van der Waals surface area (Å²) < 4.78 is 9.63. The first-order valence-corrected chi connectivity index (χ1v) is 20.8. The van der Waals surface area contributed by atoms with Gasteiger partial charge in [0.05, 0.1) is 49.2 Å². The van der Waals surface area contributed by atoms with Crippen molar-refractivity contribution in [1.29, 1.82) is 0 Å². The van der Waals surface area contributed by atoms with Gasteiger partial charge in [-0.2, -0.15) is 0 Å². The first kappa shape index (κ1) is 40.0. The van der Waals surface area contributed by atoms with Gasteiger partial charge in [0.25, 0.3) is 0 Å². The molecular weight excluding hydrogens is 749 g/mol. The summed E-state index contributed by atoms with van der Waals surface area (Å²) in [5, 5.41) is 5.49. The number of hydrogen-bond donors (Lipinski definition) is 4. The predicted octanol–water partition coefficient (Wildman–Crippen LogP) is 6.47. The molecule has 4 aromatic rings. The van der Waals surface area contributed by atoms with Gasteiger partial charge in [0.1, 0.15) is 23.7 Å². The van der Waals surface area contributed by atoms with Crippen LogP contribution in [0, 0.1) is 40.9 Å². The van der Waals surface area contributed by atoms with Gasteiger partial charge in [0.2, 0.25) is 11.8 Å². The highest BCUT2D eigenvalue weighted by Crippen LogP contribution is 2.58. The van der Waals surface area contributed by atoms with E-state index in [2.05, 4.69) is 32.4 Å². The molecule has 4 N–H and O–H groups in total. The van der Waals surface area contributed by atoms with E-state index in [9.17, 15) is 19.2 Å². The van der Waals surface area contributed by atoms with E-state index in [4.69, 9.17) is 19.4 Å². The molecule has 2 saturated heterocycles. The lowest BCUT2D eigenvalue weighted by molar-refractivity contribution is -0.136. The molecule has 2 saturated carbocycles. The van der Waals surface area contributed by atoms with Gasteiger partial charge in [-0.1, -0.05) is 51.7 Å². The van der Waals surface area contributed by atoms with Crippen LogP contribution in [0.25, 0.3) is 22.3 Å². The van der Waals surface area contributed by atoms with Crippen molar-refractivity contribution < 1.29 is 28.7 Å². The number of amides is 4. The minimum Gasteiger partial charge on any atom is -0.453 e. The highest BCUT2D eigenvalue weighted by molar-refractivity contribution is 5.87. The van der Waals surface area contributed by atoms with Crippen LogP contribution in [0.3, 0.4) is 0 Å². The third-order valence-corrected chi connectivity index (χ3v) is 12.7. The number of carbonyl (C=O) groups excluding carboxylic acids is 4. The molecule has 1 unspecified atom stereocenters. The van der Waals surface area contributed by atoms with E-state index in [1.807, 2.05) is 86.2 Å². The fraction of sp³-hybridized carbons (Fsp3) is 0.511. The standard InChI is InChI=1S/C45H54N8O6/c1-25(2)37(50-43(56)58-5)41(54)52-23-31(29-14-15-29)20-35(52)40-47-32-16-11-28(19-33(32)48-40)8-7-27-9-12-30(13-10-27)34-22-46-39(49-34)36-21-45(17-18-45)24-53(36)42(55)38(26(3)4)51-44(57)59-6/h9-13,16,19,22,25-26,29,31,35-38H,14-15,17-18,20-21,23-24H2,1-6H3,(H,46,49)(H,47,48)(H,50,56)(H,51,57)/t31?,35-,36-,37-,38-/m0/s1. The van der Waals surface area contributed by atoms with Crippen molar-refractivity contribution in [1.82, 2.24) is 40.4 Å². The summed E-state index contributed by atoms with van der Waals surface area (Å²) in [7, 11) is 2.60. The number of alkyl carbamates (subject to hydrolysis) is 2. The number of hydrogen-bond acceptors (Lipinski definition) is 8. The van der Waals surface area contributed by atoms with Gasteiger partial charge in [0.15, 0.2) is 0 Å². The molecule has 4 amide bonds. The molecule has 0 radical (unpaired) electrons. The second kappa shape index (κ2) is 16.1. The molecule has 0 bridgehead atoms. The maximum atomic E-state index is 14.0. The van der Waals surface area contributed by atoms with Gasteiger partial charge in [-0.05, 0) is 104 Å². The Balaban J connectivity index is 0.959. The number of nitrogens with zero attached hydrogens (tertiary/aromatic N) is 4. The van der Waals surface area contributed by atoms with Gasteiger partial charge < -0.3 is 39.9 Å². The number of likely N-dealkylation sites (tertiary alicyclic amines) is 2. The Labute approximate surface area is 344 Å². The maximum absolute atomic E-state index is 14.0. The number of imidazole rings is 2. The second-order valence-electron chi connectivity index (χ2n) is 17.6. The molecule has 4 fully saturated rings. The molecule has 4 aliphatic rings. The van der Waals surface area contributed by atoms with Crippen molar-refractivity contribution in [2.24, 2.45) is 29.1 Å². The Bertz CT molecular complexity index is 2290. The Hall–Kier alpha value is -5.84. The largest absolute Gasteiger partial charge is 0.453 e. The van der Waals surface area contributed by atoms with Crippen LogP contribution in [0.4, 0.5) is 9.59 Å². The zero-order chi connectivity index (χ0) is 41.6. The average molecular weight is 803 g/mol. The summed E-state index contributed by atoms with van der Waals surface area (Å²) in [4.78, 5) is 72.5. The highest BCUT2D eigenvalue weighted by atomic mass is 16.5. The van der Waals surface area contributed by atoms with E-state index < -0.39 is 24.3 Å².